The Morgan fingerprint density at radius 1 is 1.11 bits per heavy atom. The standard InChI is InChI=1S/C19H24N6O3/c1-23(2)19(28)24-9-6-10-25-16(13-24)11-15(22-25)12-20-17(26)18(27)21-14-7-4-3-5-8-14/h3-5,7-8,11H,6,9-10,12-13H2,1-2H3,(H,20,26)(H,21,27). The smallest absolute Gasteiger partial charge is 0.319 e. The number of rotatable bonds is 3. The Bertz CT molecular complexity index is 862. The van der Waals surface area contributed by atoms with E-state index in [-0.39, 0.29) is 12.6 Å². The molecule has 0 fully saturated rings. The molecule has 1 aliphatic heterocycles. The van der Waals surface area contributed by atoms with E-state index in [1.165, 1.54) is 0 Å². The van der Waals surface area contributed by atoms with Gasteiger partial charge in [-0.1, -0.05) is 18.2 Å². The lowest BCUT2D eigenvalue weighted by atomic mass is 10.3. The number of nitrogens with zero attached hydrogens (tertiary/aromatic N) is 4. The fraction of sp³-hybridized carbons (Fsp3) is 0.368. The van der Waals surface area contributed by atoms with Crippen molar-refractivity contribution in [3.05, 3.63) is 47.8 Å². The fourth-order valence-electron chi connectivity index (χ4n) is 3.01. The van der Waals surface area contributed by atoms with E-state index >= 15 is 0 Å². The minimum absolute atomic E-state index is 0.0397. The number of nitrogens with one attached hydrogen (secondary N) is 2. The summed E-state index contributed by atoms with van der Waals surface area (Å²) in [4.78, 5) is 39.5. The summed E-state index contributed by atoms with van der Waals surface area (Å²) in [6.07, 6.45) is 0.805. The lowest BCUT2D eigenvalue weighted by Crippen LogP contribution is -2.38. The number of hydrogen-bond donors (Lipinski definition) is 2. The molecule has 9 nitrogen and oxygen atoms in total. The zero-order valence-electron chi connectivity index (χ0n) is 16.0. The van der Waals surface area contributed by atoms with Crippen LogP contribution in [0.5, 0.6) is 0 Å². The summed E-state index contributed by atoms with van der Waals surface area (Å²) in [5, 5.41) is 9.60. The van der Waals surface area contributed by atoms with Gasteiger partial charge in [0.1, 0.15) is 0 Å². The van der Waals surface area contributed by atoms with Crippen molar-refractivity contribution in [1.29, 1.82) is 0 Å². The first-order valence-corrected chi connectivity index (χ1v) is 9.10. The summed E-state index contributed by atoms with van der Waals surface area (Å²) in [6.45, 7) is 1.98. The Hall–Kier alpha value is -3.36. The monoisotopic (exact) mass is 384 g/mol. The van der Waals surface area contributed by atoms with Gasteiger partial charge in [0.05, 0.1) is 24.5 Å². The molecule has 0 radical (unpaired) electrons. The Morgan fingerprint density at radius 2 is 1.86 bits per heavy atom. The van der Waals surface area contributed by atoms with Gasteiger partial charge in [-0.2, -0.15) is 5.10 Å². The molecule has 0 bridgehead atoms. The van der Waals surface area contributed by atoms with Crippen LogP contribution in [0.2, 0.25) is 0 Å². The molecule has 0 saturated heterocycles. The van der Waals surface area contributed by atoms with Gasteiger partial charge >= 0.3 is 17.8 Å². The van der Waals surface area contributed by atoms with Gasteiger partial charge in [0, 0.05) is 32.9 Å². The largest absolute Gasteiger partial charge is 0.342 e. The van der Waals surface area contributed by atoms with Crippen molar-refractivity contribution in [3.8, 4) is 0 Å². The molecule has 0 unspecified atom stereocenters. The Morgan fingerprint density at radius 3 is 2.57 bits per heavy atom. The molecule has 1 aromatic carbocycles. The highest BCUT2D eigenvalue weighted by Crippen LogP contribution is 2.15. The van der Waals surface area contributed by atoms with Gasteiger partial charge in [-0.3, -0.25) is 14.3 Å². The maximum Gasteiger partial charge on any atom is 0.319 e. The molecule has 1 aliphatic rings. The highest BCUT2D eigenvalue weighted by atomic mass is 16.2. The van der Waals surface area contributed by atoms with Crippen molar-refractivity contribution in [1.82, 2.24) is 24.9 Å². The zero-order valence-corrected chi connectivity index (χ0v) is 16.0. The van der Waals surface area contributed by atoms with Crippen LogP contribution in [-0.4, -0.2) is 58.1 Å². The van der Waals surface area contributed by atoms with Crippen LogP contribution in [0.25, 0.3) is 0 Å². The second-order valence-corrected chi connectivity index (χ2v) is 6.81. The van der Waals surface area contributed by atoms with Crippen molar-refractivity contribution in [3.63, 3.8) is 0 Å². The summed E-state index contributed by atoms with van der Waals surface area (Å²) in [5.41, 5.74) is 2.11. The molecule has 1 aromatic heterocycles. The summed E-state index contributed by atoms with van der Waals surface area (Å²) < 4.78 is 1.86. The number of hydrogen-bond acceptors (Lipinski definition) is 4. The van der Waals surface area contributed by atoms with Crippen LogP contribution >= 0.6 is 0 Å². The summed E-state index contributed by atoms with van der Waals surface area (Å²) in [7, 11) is 3.46. The SMILES string of the molecule is CN(C)C(=O)N1CCCn2nc(CNC(=O)C(=O)Nc3ccccc3)cc2C1. The number of carbonyl (C=O) groups is 3. The Kier molecular flexibility index (Phi) is 5.93. The van der Waals surface area contributed by atoms with Crippen molar-refractivity contribution < 1.29 is 14.4 Å². The van der Waals surface area contributed by atoms with Crippen molar-refractivity contribution >= 4 is 23.5 Å². The van der Waals surface area contributed by atoms with E-state index in [0.29, 0.717) is 31.0 Å². The number of amides is 4. The van der Waals surface area contributed by atoms with Crippen LogP contribution in [0.4, 0.5) is 10.5 Å². The molecule has 28 heavy (non-hydrogen) atoms. The summed E-state index contributed by atoms with van der Waals surface area (Å²) in [6, 6.07) is 10.6. The molecular formula is C19H24N6O3. The number of aryl methyl sites for hydroxylation is 1. The second kappa shape index (κ2) is 8.55. The van der Waals surface area contributed by atoms with Crippen molar-refractivity contribution in [2.45, 2.75) is 26.1 Å². The van der Waals surface area contributed by atoms with Gasteiger partial charge in [-0.25, -0.2) is 4.79 Å². The number of urea groups is 1. The van der Waals surface area contributed by atoms with Gasteiger partial charge in [-0.15, -0.1) is 0 Å². The number of fused-ring (bicyclic) bond motifs is 1. The van der Waals surface area contributed by atoms with E-state index in [1.54, 1.807) is 48.2 Å². The lowest BCUT2D eigenvalue weighted by molar-refractivity contribution is -0.136. The molecule has 4 amide bonds. The van der Waals surface area contributed by atoms with Crippen LogP contribution in [-0.2, 0) is 29.2 Å². The molecule has 0 spiro atoms. The minimum atomic E-state index is -0.727. The quantitative estimate of drug-likeness (QED) is 0.772. The first-order chi connectivity index (χ1) is 13.4. The number of carbonyl (C=O) groups excluding carboxylic acids is 3. The molecule has 0 atom stereocenters. The predicted molar refractivity (Wildman–Crippen MR) is 103 cm³/mol. The summed E-state index contributed by atoms with van der Waals surface area (Å²) >= 11 is 0. The van der Waals surface area contributed by atoms with Crippen molar-refractivity contribution in [2.75, 3.05) is 26.0 Å². The molecular weight excluding hydrogens is 360 g/mol. The minimum Gasteiger partial charge on any atom is -0.342 e. The molecule has 0 saturated carbocycles. The van der Waals surface area contributed by atoms with E-state index in [9.17, 15) is 14.4 Å². The third-order valence-corrected chi connectivity index (χ3v) is 4.39. The number of anilines is 1. The van der Waals surface area contributed by atoms with Crippen LogP contribution < -0.4 is 10.6 Å². The van der Waals surface area contributed by atoms with Crippen LogP contribution in [0.1, 0.15) is 17.8 Å². The summed E-state index contributed by atoms with van der Waals surface area (Å²) in [5.74, 6) is -1.45. The van der Waals surface area contributed by atoms with Gasteiger partial charge in [0.25, 0.3) is 0 Å². The molecule has 9 heteroatoms. The van der Waals surface area contributed by atoms with E-state index in [4.69, 9.17) is 0 Å². The number of para-hydroxylation sites is 1. The Labute approximate surface area is 163 Å². The van der Waals surface area contributed by atoms with E-state index in [1.807, 2.05) is 16.8 Å². The van der Waals surface area contributed by atoms with Gasteiger partial charge < -0.3 is 20.4 Å². The van der Waals surface area contributed by atoms with E-state index < -0.39 is 11.8 Å². The number of aromatic nitrogens is 2. The average Bonchev–Trinajstić information content (AvgIpc) is 2.96. The molecule has 3 rings (SSSR count). The van der Waals surface area contributed by atoms with Gasteiger partial charge in [0.2, 0.25) is 0 Å². The topological polar surface area (TPSA) is 99.6 Å². The van der Waals surface area contributed by atoms with Gasteiger partial charge in [0.15, 0.2) is 0 Å². The maximum absolute atomic E-state index is 12.2. The maximum atomic E-state index is 12.2. The third-order valence-electron chi connectivity index (χ3n) is 4.39. The molecule has 2 heterocycles. The second-order valence-electron chi connectivity index (χ2n) is 6.81. The highest BCUT2D eigenvalue weighted by molar-refractivity contribution is 6.39. The number of benzene rings is 1. The van der Waals surface area contributed by atoms with Crippen molar-refractivity contribution in [2.24, 2.45) is 0 Å². The average molecular weight is 384 g/mol. The molecule has 2 aromatic rings. The molecule has 148 valence electrons. The predicted octanol–water partition coefficient (Wildman–Crippen LogP) is 1.03. The normalized spacial score (nSPS) is 13.3. The van der Waals surface area contributed by atoms with Crippen LogP contribution in [0.3, 0.4) is 0 Å². The molecule has 0 aliphatic carbocycles. The van der Waals surface area contributed by atoms with Crippen LogP contribution in [0.15, 0.2) is 36.4 Å². The first-order valence-electron chi connectivity index (χ1n) is 9.10. The van der Waals surface area contributed by atoms with Crippen LogP contribution in [0, 0.1) is 0 Å². The lowest BCUT2D eigenvalue weighted by Gasteiger charge is -2.23. The zero-order chi connectivity index (χ0) is 20.1. The molecule has 2 N–H and O–H groups in total. The van der Waals surface area contributed by atoms with Gasteiger partial charge in [-0.05, 0) is 24.6 Å². The fourth-order valence-corrected chi connectivity index (χ4v) is 3.01. The Balaban J connectivity index is 1.57. The van der Waals surface area contributed by atoms with E-state index in [0.717, 1.165) is 12.1 Å². The third kappa shape index (κ3) is 4.67. The highest BCUT2D eigenvalue weighted by Gasteiger charge is 2.22. The van der Waals surface area contributed by atoms with E-state index in [2.05, 4.69) is 15.7 Å². The first kappa shape index (κ1) is 19.4.